The zero-order valence-electron chi connectivity index (χ0n) is 28.8. The first-order valence-corrected chi connectivity index (χ1v) is 16.8. The number of ketones is 1. The Balaban J connectivity index is 2.34. The Morgan fingerprint density at radius 2 is 1.54 bits per heavy atom. The molecule has 13 heteroatoms. The predicted octanol–water partition coefficient (Wildman–Crippen LogP) is 2.78. The number of esters is 1. The monoisotopic (exact) mass is 663 g/mol. The number of ether oxygens (including phenoxy) is 1. The fourth-order valence-electron chi connectivity index (χ4n) is 5.79. The van der Waals surface area contributed by atoms with Crippen LogP contribution in [0.3, 0.4) is 0 Å². The third-order valence-electron chi connectivity index (χ3n) is 8.50. The molecule has 0 spiro atoms. The maximum absolute atomic E-state index is 14.3. The number of hydrogen-bond acceptors (Lipinski definition) is 8. The van der Waals surface area contributed by atoms with Crippen LogP contribution in [0, 0.1) is 28.1 Å². The van der Waals surface area contributed by atoms with E-state index in [0.717, 1.165) is 11.8 Å². The van der Waals surface area contributed by atoms with Gasteiger partial charge in [-0.2, -0.15) is 0 Å². The molecule has 46 heavy (non-hydrogen) atoms. The average molecular weight is 664 g/mol. The van der Waals surface area contributed by atoms with Crippen molar-refractivity contribution < 1.29 is 33.5 Å². The van der Waals surface area contributed by atoms with Crippen molar-refractivity contribution in [2.75, 3.05) is 25.4 Å². The number of amides is 5. The minimum atomic E-state index is -1.13. The van der Waals surface area contributed by atoms with Crippen LogP contribution in [0.5, 0.6) is 0 Å². The van der Waals surface area contributed by atoms with Crippen molar-refractivity contribution >= 4 is 47.3 Å². The molecule has 2 fully saturated rings. The van der Waals surface area contributed by atoms with Crippen molar-refractivity contribution in [1.29, 1.82) is 0 Å². The normalized spacial score (nSPS) is 21.8. The molecule has 0 bridgehead atoms. The Kier molecular flexibility index (Phi) is 13.1. The van der Waals surface area contributed by atoms with E-state index in [2.05, 4.69) is 34.4 Å². The topological polar surface area (TPSA) is 163 Å². The molecule has 0 radical (unpaired) electrons. The van der Waals surface area contributed by atoms with Crippen LogP contribution in [-0.4, -0.2) is 89.4 Å². The first-order valence-electron chi connectivity index (χ1n) is 15.7. The molecule has 5 amide bonds. The number of carbonyl (C=O) groups excluding carboxylic acids is 6. The van der Waals surface area contributed by atoms with Gasteiger partial charge in [-0.05, 0) is 40.3 Å². The molecule has 0 aromatic heterocycles. The summed E-state index contributed by atoms with van der Waals surface area (Å²) in [7, 11) is 0. The fourth-order valence-corrected chi connectivity index (χ4v) is 6.72. The summed E-state index contributed by atoms with van der Waals surface area (Å²) >= 11 is 1.16. The molecule has 0 aromatic carbocycles. The zero-order chi connectivity index (χ0) is 35.2. The van der Waals surface area contributed by atoms with Gasteiger partial charge >= 0.3 is 12.0 Å². The van der Waals surface area contributed by atoms with Gasteiger partial charge in [0.2, 0.25) is 11.8 Å². The highest BCUT2D eigenvalue weighted by atomic mass is 32.2. The fraction of sp³-hybridized carbons (Fsp3) is 0.697. The first-order chi connectivity index (χ1) is 21.2. The molecule has 1 saturated carbocycles. The maximum atomic E-state index is 14.3. The van der Waals surface area contributed by atoms with Gasteiger partial charge in [-0.25, -0.2) is 9.59 Å². The van der Waals surface area contributed by atoms with Gasteiger partial charge in [0.05, 0.1) is 0 Å². The average Bonchev–Trinajstić information content (AvgIpc) is 3.28. The molecule has 0 aromatic rings. The quantitative estimate of drug-likeness (QED) is 0.0900. The molecular formula is C33H53N5O7S. The highest BCUT2D eigenvalue weighted by Crippen LogP contribution is 2.65. The summed E-state index contributed by atoms with van der Waals surface area (Å²) in [6.45, 7) is 24.2. The molecule has 4 N–H and O–H groups in total. The summed E-state index contributed by atoms with van der Waals surface area (Å²) in [6.07, 6.45) is 3.60. The van der Waals surface area contributed by atoms with Crippen molar-refractivity contribution in [3.63, 3.8) is 0 Å². The predicted molar refractivity (Wildman–Crippen MR) is 178 cm³/mol. The van der Waals surface area contributed by atoms with Crippen LogP contribution in [0.1, 0.15) is 68.7 Å². The maximum Gasteiger partial charge on any atom is 0.329 e. The molecule has 2 rings (SSSR count). The van der Waals surface area contributed by atoms with Crippen LogP contribution < -0.4 is 21.3 Å². The number of rotatable bonds is 15. The summed E-state index contributed by atoms with van der Waals surface area (Å²) in [5, 5.41) is 9.51. The van der Waals surface area contributed by atoms with Crippen LogP contribution in [0.4, 0.5) is 4.79 Å². The number of thioether (sulfide) groups is 1. The number of carbonyl (C=O) groups is 6. The number of nitrogens with zero attached hydrogens (tertiary/aromatic N) is 1. The van der Waals surface area contributed by atoms with Crippen LogP contribution in [0.2, 0.25) is 0 Å². The Morgan fingerprint density at radius 1 is 0.957 bits per heavy atom. The van der Waals surface area contributed by atoms with Crippen molar-refractivity contribution in [1.82, 2.24) is 26.2 Å². The van der Waals surface area contributed by atoms with Gasteiger partial charge in [0.15, 0.2) is 0 Å². The second kappa shape index (κ2) is 15.5. The third-order valence-corrected chi connectivity index (χ3v) is 9.81. The number of hydrogen-bond donors (Lipinski definition) is 4. The van der Waals surface area contributed by atoms with E-state index < -0.39 is 69.8 Å². The number of nitrogens with one attached hydrogen (secondary N) is 4. The van der Waals surface area contributed by atoms with Gasteiger partial charge in [-0.3, -0.25) is 19.2 Å². The summed E-state index contributed by atoms with van der Waals surface area (Å²) in [6, 6.07) is -3.72. The highest BCUT2D eigenvalue weighted by molar-refractivity contribution is 8.00. The lowest BCUT2D eigenvalue weighted by Gasteiger charge is -2.38. The number of likely N-dealkylation sites (tertiary alicyclic amines) is 1. The SMILES string of the molecule is C=CCNC(=O)C(=O)C(NC(=O)[C@@H]1[C@@H]2C(CN1C(=O)[C@@H](NC(=O)N[C@H](C(=O)OCC=C)C(C)(C)C)C(C)(C)C)C2(C)C)SCCC. The van der Waals surface area contributed by atoms with E-state index in [-0.39, 0.29) is 30.4 Å². The first kappa shape index (κ1) is 38.8. The van der Waals surface area contributed by atoms with E-state index in [4.69, 9.17) is 4.74 Å². The summed E-state index contributed by atoms with van der Waals surface area (Å²) < 4.78 is 5.19. The van der Waals surface area contributed by atoms with Gasteiger partial charge in [0, 0.05) is 13.1 Å². The molecule has 2 aliphatic rings. The number of urea groups is 1. The standard InChI is InChI=1S/C33H53N5O7S/c1-12-15-34-26(41)22(39)27(46-17-14-3)37-25(40)21-20-19(33(20,10)11)18-38(21)28(42)23(31(4,5)6)35-30(44)36-24(32(7,8)9)29(43)45-16-13-2/h12-13,19-21,23-24,27H,1-2,14-18H2,3-11H3,(H,34,41)(H,37,40)(H2,35,36,44)/t19?,20-,21-,23+,24+,27?/m0/s1. The van der Waals surface area contributed by atoms with Gasteiger partial charge in [-0.15, -0.1) is 18.3 Å². The molecular weight excluding hydrogens is 610 g/mol. The lowest BCUT2D eigenvalue weighted by atomic mass is 9.85. The molecule has 1 aliphatic heterocycles. The molecule has 6 atom stereocenters. The van der Waals surface area contributed by atoms with Crippen LogP contribution >= 0.6 is 11.8 Å². The Morgan fingerprint density at radius 3 is 2.07 bits per heavy atom. The molecule has 1 aliphatic carbocycles. The van der Waals surface area contributed by atoms with E-state index in [1.54, 1.807) is 41.5 Å². The second-order valence-corrected chi connectivity index (χ2v) is 15.9. The van der Waals surface area contributed by atoms with Crippen LogP contribution in [0.25, 0.3) is 0 Å². The van der Waals surface area contributed by atoms with Crippen LogP contribution in [0.15, 0.2) is 25.3 Å². The zero-order valence-corrected chi connectivity index (χ0v) is 29.6. The van der Waals surface area contributed by atoms with Crippen molar-refractivity contribution in [3.8, 4) is 0 Å². The third kappa shape index (κ3) is 9.36. The lowest BCUT2D eigenvalue weighted by molar-refractivity contribution is -0.147. The minimum Gasteiger partial charge on any atom is -0.460 e. The molecule has 2 unspecified atom stereocenters. The van der Waals surface area contributed by atoms with Gasteiger partial charge in [0.25, 0.3) is 11.7 Å². The van der Waals surface area contributed by atoms with E-state index in [9.17, 15) is 28.8 Å². The minimum absolute atomic E-state index is 0.0161. The number of piperidine rings is 1. The van der Waals surface area contributed by atoms with Gasteiger partial charge in [0.1, 0.15) is 30.1 Å². The number of fused-ring (bicyclic) bond motifs is 1. The largest absolute Gasteiger partial charge is 0.460 e. The molecule has 12 nitrogen and oxygen atoms in total. The van der Waals surface area contributed by atoms with Gasteiger partial charge in [-0.1, -0.05) is 81.0 Å². The van der Waals surface area contributed by atoms with Crippen molar-refractivity contribution in [3.05, 3.63) is 25.3 Å². The molecule has 258 valence electrons. The van der Waals surface area contributed by atoms with Gasteiger partial charge < -0.3 is 30.9 Å². The van der Waals surface area contributed by atoms with Crippen molar-refractivity contribution in [2.45, 2.75) is 92.2 Å². The number of Topliss-reactive ketones (excluding diaryl/α,β-unsaturated/α-hetero) is 1. The summed E-state index contributed by atoms with van der Waals surface area (Å²) in [4.78, 5) is 81.2. The van der Waals surface area contributed by atoms with Crippen molar-refractivity contribution in [2.24, 2.45) is 28.1 Å². The second-order valence-electron chi connectivity index (χ2n) is 14.6. The smallest absolute Gasteiger partial charge is 0.329 e. The summed E-state index contributed by atoms with van der Waals surface area (Å²) in [5.74, 6) is -2.84. The Labute approximate surface area is 277 Å². The molecule has 1 heterocycles. The van der Waals surface area contributed by atoms with Crippen LogP contribution in [-0.2, 0) is 28.7 Å². The van der Waals surface area contributed by atoms with E-state index in [0.29, 0.717) is 18.7 Å². The van der Waals surface area contributed by atoms with E-state index >= 15 is 0 Å². The lowest BCUT2D eigenvalue weighted by Crippen LogP contribution is -2.62. The Bertz CT molecular complexity index is 1210. The highest BCUT2D eigenvalue weighted by Gasteiger charge is 2.70. The van der Waals surface area contributed by atoms with E-state index in [1.807, 2.05) is 20.8 Å². The van der Waals surface area contributed by atoms with E-state index in [1.165, 1.54) is 17.1 Å². The molecule has 1 saturated heterocycles. The Hall–Kier alpha value is -3.35. The summed E-state index contributed by atoms with van der Waals surface area (Å²) in [5.41, 5.74) is -1.70.